The van der Waals surface area contributed by atoms with Crippen LogP contribution in [0.1, 0.15) is 21.3 Å². The van der Waals surface area contributed by atoms with Gasteiger partial charge in [-0.3, -0.25) is 4.79 Å². The average Bonchev–Trinajstić information content (AvgIpc) is 2.98. The van der Waals surface area contributed by atoms with Gasteiger partial charge in [0.1, 0.15) is 0 Å². The number of benzene rings is 1. The van der Waals surface area contributed by atoms with Crippen molar-refractivity contribution in [1.29, 1.82) is 0 Å². The first kappa shape index (κ1) is 16.8. The molecule has 118 valence electrons. The molecule has 1 heterocycles. The number of carbonyl (C=O) groups excluding carboxylic acids is 1. The van der Waals surface area contributed by atoms with Gasteiger partial charge in [0.2, 0.25) is 0 Å². The first-order valence-electron chi connectivity index (χ1n) is 6.47. The van der Waals surface area contributed by atoms with Crippen molar-refractivity contribution in [2.24, 2.45) is 0 Å². The minimum Gasteiger partial charge on any atom is -0.493 e. The van der Waals surface area contributed by atoms with E-state index in [4.69, 9.17) is 9.47 Å². The largest absolute Gasteiger partial charge is 0.493 e. The van der Waals surface area contributed by atoms with E-state index < -0.39 is 6.10 Å². The fraction of sp³-hybridized carbons (Fsp3) is 0.267. The van der Waals surface area contributed by atoms with Crippen LogP contribution in [0, 0.1) is 0 Å². The van der Waals surface area contributed by atoms with Crippen LogP contribution in [-0.4, -0.2) is 31.8 Å². The molecule has 22 heavy (non-hydrogen) atoms. The summed E-state index contributed by atoms with van der Waals surface area (Å²) in [6, 6.07) is 6.88. The first-order chi connectivity index (χ1) is 10.5. The Labute approximate surface area is 141 Å². The molecule has 0 aliphatic rings. The number of carbonyl (C=O) groups is 1. The lowest BCUT2D eigenvalue weighted by molar-refractivity contribution is 0.0920. The summed E-state index contributed by atoms with van der Waals surface area (Å²) in [6.45, 7) is 0.115. The van der Waals surface area contributed by atoms with Gasteiger partial charge in [-0.25, -0.2) is 0 Å². The molecule has 0 aliphatic heterocycles. The Bertz CT molecular complexity index is 659. The minimum atomic E-state index is -0.827. The van der Waals surface area contributed by atoms with Gasteiger partial charge in [0.25, 0.3) is 5.91 Å². The molecule has 2 rings (SSSR count). The number of rotatable bonds is 6. The van der Waals surface area contributed by atoms with E-state index >= 15 is 0 Å². The second-order valence-electron chi connectivity index (χ2n) is 4.47. The quantitative estimate of drug-likeness (QED) is 0.801. The maximum atomic E-state index is 11.9. The van der Waals surface area contributed by atoms with E-state index in [0.29, 0.717) is 21.9 Å². The Balaban J connectivity index is 2.00. The van der Waals surface area contributed by atoms with E-state index in [9.17, 15) is 9.90 Å². The zero-order valence-electron chi connectivity index (χ0n) is 12.1. The number of nitrogens with one attached hydrogen (secondary N) is 1. The first-order valence-corrected chi connectivity index (χ1v) is 8.14. The Morgan fingerprint density at radius 3 is 2.64 bits per heavy atom. The molecule has 1 amide bonds. The van der Waals surface area contributed by atoms with Crippen molar-refractivity contribution in [2.45, 2.75) is 6.10 Å². The molecule has 0 fully saturated rings. The highest BCUT2D eigenvalue weighted by Crippen LogP contribution is 2.29. The van der Waals surface area contributed by atoms with E-state index in [0.717, 1.165) is 4.47 Å². The van der Waals surface area contributed by atoms with Gasteiger partial charge in [-0.1, -0.05) is 6.07 Å². The van der Waals surface area contributed by atoms with Gasteiger partial charge in [0, 0.05) is 16.4 Å². The lowest BCUT2D eigenvalue weighted by atomic mass is 10.1. The minimum absolute atomic E-state index is 0.115. The third-order valence-corrected chi connectivity index (χ3v) is 4.73. The number of methoxy groups -OCH3 is 2. The molecule has 1 aromatic carbocycles. The van der Waals surface area contributed by atoms with E-state index in [-0.39, 0.29) is 12.5 Å². The highest BCUT2D eigenvalue weighted by atomic mass is 79.9. The lowest BCUT2D eigenvalue weighted by Crippen LogP contribution is -2.27. The normalized spacial score (nSPS) is 11.8. The number of hydrogen-bond acceptors (Lipinski definition) is 5. The molecule has 2 aromatic rings. The smallest absolute Gasteiger partial charge is 0.261 e. The topological polar surface area (TPSA) is 67.8 Å². The second kappa shape index (κ2) is 7.62. The number of amides is 1. The number of hydrogen-bond donors (Lipinski definition) is 2. The Kier molecular flexibility index (Phi) is 5.82. The highest BCUT2D eigenvalue weighted by Gasteiger charge is 2.14. The second-order valence-corrected chi connectivity index (χ2v) is 6.30. The zero-order chi connectivity index (χ0) is 16.1. The van der Waals surface area contributed by atoms with Crippen LogP contribution in [0.2, 0.25) is 0 Å². The maximum absolute atomic E-state index is 11.9. The summed E-state index contributed by atoms with van der Waals surface area (Å²) in [7, 11) is 3.08. The summed E-state index contributed by atoms with van der Waals surface area (Å²) in [5, 5.41) is 14.7. The van der Waals surface area contributed by atoms with E-state index in [1.807, 2.05) is 5.38 Å². The molecule has 0 radical (unpaired) electrons. The third-order valence-electron chi connectivity index (χ3n) is 3.04. The van der Waals surface area contributed by atoms with Crippen molar-refractivity contribution in [3.63, 3.8) is 0 Å². The molecule has 0 saturated carbocycles. The Morgan fingerprint density at radius 1 is 1.32 bits per heavy atom. The van der Waals surface area contributed by atoms with Crippen LogP contribution in [0.5, 0.6) is 11.5 Å². The SMILES string of the molecule is COc1ccc([C@@H](O)CNC(=O)c2cc(Br)cs2)cc1OC. The molecule has 1 atom stereocenters. The summed E-state index contributed by atoms with van der Waals surface area (Å²) in [5.41, 5.74) is 0.644. The van der Waals surface area contributed by atoms with Gasteiger partial charge in [-0.15, -0.1) is 11.3 Å². The summed E-state index contributed by atoms with van der Waals surface area (Å²) in [6.07, 6.45) is -0.827. The van der Waals surface area contributed by atoms with Gasteiger partial charge in [0.05, 0.1) is 25.2 Å². The van der Waals surface area contributed by atoms with Gasteiger partial charge in [0.15, 0.2) is 11.5 Å². The van der Waals surface area contributed by atoms with Gasteiger partial charge < -0.3 is 19.9 Å². The van der Waals surface area contributed by atoms with Crippen molar-refractivity contribution in [3.8, 4) is 11.5 Å². The van der Waals surface area contributed by atoms with Crippen LogP contribution in [0.25, 0.3) is 0 Å². The van der Waals surface area contributed by atoms with Crippen LogP contribution >= 0.6 is 27.3 Å². The predicted octanol–water partition coefficient (Wildman–Crippen LogP) is 2.99. The zero-order valence-corrected chi connectivity index (χ0v) is 14.5. The van der Waals surface area contributed by atoms with Crippen molar-refractivity contribution in [2.75, 3.05) is 20.8 Å². The van der Waals surface area contributed by atoms with Crippen molar-refractivity contribution in [1.82, 2.24) is 5.32 Å². The lowest BCUT2D eigenvalue weighted by Gasteiger charge is -2.14. The third kappa shape index (κ3) is 4.00. The van der Waals surface area contributed by atoms with Crippen LogP contribution < -0.4 is 14.8 Å². The number of ether oxygens (including phenoxy) is 2. The Hall–Kier alpha value is -1.57. The van der Waals surface area contributed by atoms with Crippen molar-refractivity contribution < 1.29 is 19.4 Å². The standard InChI is InChI=1S/C15H16BrNO4S/c1-20-12-4-3-9(5-13(12)21-2)11(18)7-17-15(19)14-6-10(16)8-22-14/h3-6,8,11,18H,7H2,1-2H3,(H,17,19)/t11-/m0/s1. The molecular weight excluding hydrogens is 370 g/mol. The molecule has 0 bridgehead atoms. The number of halogens is 1. The fourth-order valence-electron chi connectivity index (χ4n) is 1.89. The van der Waals surface area contributed by atoms with Crippen LogP contribution in [0.15, 0.2) is 34.1 Å². The van der Waals surface area contributed by atoms with Crippen molar-refractivity contribution >= 4 is 33.2 Å². The molecule has 7 heteroatoms. The summed E-state index contributed by atoms with van der Waals surface area (Å²) in [5.74, 6) is 0.911. The predicted molar refractivity (Wildman–Crippen MR) is 88.9 cm³/mol. The molecule has 0 spiro atoms. The maximum Gasteiger partial charge on any atom is 0.261 e. The van der Waals surface area contributed by atoms with E-state index in [2.05, 4.69) is 21.2 Å². The van der Waals surface area contributed by atoms with E-state index in [1.54, 1.807) is 31.4 Å². The average molecular weight is 386 g/mol. The number of aliphatic hydroxyl groups is 1. The number of aliphatic hydroxyl groups excluding tert-OH is 1. The molecule has 0 aliphatic carbocycles. The molecular formula is C15H16BrNO4S. The number of thiophene rings is 1. The van der Waals surface area contributed by atoms with Crippen LogP contribution in [-0.2, 0) is 0 Å². The fourth-order valence-corrected chi connectivity index (χ4v) is 3.23. The summed E-state index contributed by atoms with van der Waals surface area (Å²) in [4.78, 5) is 12.5. The molecule has 0 saturated heterocycles. The molecule has 1 aromatic heterocycles. The molecule has 2 N–H and O–H groups in total. The van der Waals surface area contributed by atoms with Crippen molar-refractivity contribution in [3.05, 3.63) is 44.6 Å². The summed E-state index contributed by atoms with van der Waals surface area (Å²) < 4.78 is 11.2. The van der Waals surface area contributed by atoms with E-state index in [1.165, 1.54) is 18.4 Å². The van der Waals surface area contributed by atoms with Crippen LogP contribution in [0.3, 0.4) is 0 Å². The van der Waals surface area contributed by atoms with Gasteiger partial charge in [-0.05, 0) is 39.7 Å². The molecule has 5 nitrogen and oxygen atoms in total. The van der Waals surface area contributed by atoms with Crippen LogP contribution in [0.4, 0.5) is 0 Å². The monoisotopic (exact) mass is 385 g/mol. The van der Waals surface area contributed by atoms with Gasteiger partial charge >= 0.3 is 0 Å². The molecule has 0 unspecified atom stereocenters. The highest BCUT2D eigenvalue weighted by molar-refractivity contribution is 9.10. The summed E-state index contributed by atoms with van der Waals surface area (Å²) >= 11 is 4.64. The Morgan fingerprint density at radius 2 is 2.05 bits per heavy atom. The van der Waals surface area contributed by atoms with Gasteiger partial charge in [-0.2, -0.15) is 0 Å².